The van der Waals surface area contributed by atoms with Gasteiger partial charge in [-0.05, 0) is 31.6 Å². The molecule has 20 heavy (non-hydrogen) atoms. The molecule has 0 aromatic carbocycles. The zero-order valence-electron chi connectivity index (χ0n) is 12.0. The Morgan fingerprint density at radius 2 is 1.75 bits per heavy atom. The van der Waals surface area contributed by atoms with Crippen LogP contribution in [0.15, 0.2) is 12.2 Å². The van der Waals surface area contributed by atoms with Crippen LogP contribution in [0, 0.1) is 5.92 Å². The van der Waals surface area contributed by atoms with Gasteiger partial charge < -0.3 is 4.90 Å². The molecule has 2 aliphatic heterocycles. The van der Waals surface area contributed by atoms with E-state index in [1.807, 2.05) is 4.90 Å². The number of carbonyl (C=O) groups is 3. The lowest BCUT2D eigenvalue weighted by molar-refractivity contribution is -0.136. The van der Waals surface area contributed by atoms with Gasteiger partial charge in [-0.1, -0.05) is 6.92 Å². The summed E-state index contributed by atoms with van der Waals surface area (Å²) in [6, 6.07) is 0. The molecule has 0 spiro atoms. The van der Waals surface area contributed by atoms with Crippen molar-refractivity contribution < 1.29 is 14.4 Å². The molecular weight excluding hydrogens is 256 g/mol. The SMILES string of the molecule is CC1CCN(C(=O)CCCCN2C(=O)C=CC2=O)CC1. The van der Waals surface area contributed by atoms with Crippen LogP contribution in [0.3, 0.4) is 0 Å². The van der Waals surface area contributed by atoms with Crippen molar-refractivity contribution >= 4 is 17.7 Å². The van der Waals surface area contributed by atoms with Gasteiger partial charge in [-0.2, -0.15) is 0 Å². The number of carbonyl (C=O) groups excluding carboxylic acids is 3. The van der Waals surface area contributed by atoms with E-state index in [1.165, 1.54) is 17.1 Å². The summed E-state index contributed by atoms with van der Waals surface area (Å²) >= 11 is 0. The number of rotatable bonds is 5. The molecule has 0 bridgehead atoms. The Morgan fingerprint density at radius 3 is 2.35 bits per heavy atom. The highest BCUT2D eigenvalue weighted by atomic mass is 16.2. The number of imide groups is 1. The van der Waals surface area contributed by atoms with Gasteiger partial charge in [-0.15, -0.1) is 0 Å². The Labute approximate surface area is 119 Å². The predicted molar refractivity (Wildman–Crippen MR) is 74.7 cm³/mol. The molecule has 0 saturated carbocycles. The molecule has 5 nitrogen and oxygen atoms in total. The maximum atomic E-state index is 12.0. The van der Waals surface area contributed by atoms with Crippen molar-refractivity contribution in [3.63, 3.8) is 0 Å². The molecule has 1 fully saturated rings. The van der Waals surface area contributed by atoms with Gasteiger partial charge in [0.05, 0.1) is 0 Å². The van der Waals surface area contributed by atoms with Crippen molar-refractivity contribution in [1.29, 1.82) is 0 Å². The summed E-state index contributed by atoms with van der Waals surface area (Å²) in [5, 5.41) is 0. The van der Waals surface area contributed by atoms with Gasteiger partial charge >= 0.3 is 0 Å². The summed E-state index contributed by atoms with van der Waals surface area (Å²) in [7, 11) is 0. The molecule has 1 saturated heterocycles. The molecule has 2 aliphatic rings. The normalized spacial score (nSPS) is 20.1. The Hall–Kier alpha value is -1.65. The molecule has 5 heteroatoms. The molecule has 2 rings (SSSR count). The van der Waals surface area contributed by atoms with Gasteiger partial charge in [-0.25, -0.2) is 0 Å². The minimum absolute atomic E-state index is 0.203. The van der Waals surface area contributed by atoms with Gasteiger partial charge in [0, 0.05) is 38.2 Å². The summed E-state index contributed by atoms with van der Waals surface area (Å²) in [6.07, 6.45) is 6.70. The van der Waals surface area contributed by atoms with Crippen molar-refractivity contribution in [2.75, 3.05) is 19.6 Å². The van der Waals surface area contributed by atoms with E-state index < -0.39 is 0 Å². The zero-order chi connectivity index (χ0) is 14.5. The van der Waals surface area contributed by atoms with Crippen LogP contribution in [0.25, 0.3) is 0 Å². The van der Waals surface area contributed by atoms with Gasteiger partial charge in [0.1, 0.15) is 0 Å². The molecule has 0 unspecified atom stereocenters. The van der Waals surface area contributed by atoms with Crippen LogP contribution in [0.1, 0.15) is 39.0 Å². The van der Waals surface area contributed by atoms with E-state index in [1.54, 1.807) is 0 Å². The van der Waals surface area contributed by atoms with E-state index in [-0.39, 0.29) is 17.7 Å². The molecule has 3 amide bonds. The van der Waals surface area contributed by atoms with Gasteiger partial charge in [0.2, 0.25) is 5.91 Å². The Morgan fingerprint density at radius 1 is 1.15 bits per heavy atom. The van der Waals surface area contributed by atoms with E-state index in [2.05, 4.69) is 6.92 Å². The van der Waals surface area contributed by atoms with E-state index in [0.717, 1.165) is 38.3 Å². The second kappa shape index (κ2) is 6.68. The lowest BCUT2D eigenvalue weighted by Gasteiger charge is -2.30. The fraction of sp³-hybridized carbons (Fsp3) is 0.667. The highest BCUT2D eigenvalue weighted by Crippen LogP contribution is 2.17. The molecular formula is C15H22N2O3. The minimum Gasteiger partial charge on any atom is -0.343 e. The topological polar surface area (TPSA) is 57.7 Å². The molecule has 2 heterocycles. The first kappa shape index (κ1) is 14.8. The molecule has 0 atom stereocenters. The molecule has 0 aromatic rings. The van der Waals surface area contributed by atoms with Crippen molar-refractivity contribution in [3.8, 4) is 0 Å². The number of nitrogens with zero attached hydrogens (tertiary/aromatic N) is 2. The number of hydrogen-bond acceptors (Lipinski definition) is 3. The quantitative estimate of drug-likeness (QED) is 0.563. The van der Waals surface area contributed by atoms with Crippen molar-refractivity contribution in [2.45, 2.75) is 39.0 Å². The molecule has 110 valence electrons. The highest BCUT2D eigenvalue weighted by Gasteiger charge is 2.23. The van der Waals surface area contributed by atoms with Crippen LogP contribution in [0.4, 0.5) is 0 Å². The van der Waals surface area contributed by atoms with Crippen LogP contribution in [0.2, 0.25) is 0 Å². The Kier molecular flexibility index (Phi) is 4.93. The van der Waals surface area contributed by atoms with Crippen molar-refractivity contribution in [3.05, 3.63) is 12.2 Å². The summed E-state index contributed by atoms with van der Waals surface area (Å²) in [4.78, 5) is 37.8. The highest BCUT2D eigenvalue weighted by molar-refractivity contribution is 6.12. The maximum Gasteiger partial charge on any atom is 0.253 e. The van der Waals surface area contributed by atoms with E-state index >= 15 is 0 Å². The monoisotopic (exact) mass is 278 g/mol. The third-order valence-corrected chi connectivity index (χ3v) is 4.06. The van der Waals surface area contributed by atoms with Gasteiger partial charge in [0.15, 0.2) is 0 Å². The number of unbranched alkanes of at least 4 members (excludes halogenated alkanes) is 1. The first-order valence-electron chi connectivity index (χ1n) is 7.39. The summed E-state index contributed by atoms with van der Waals surface area (Å²) in [5.74, 6) is 0.436. The first-order valence-corrected chi connectivity index (χ1v) is 7.39. The van der Waals surface area contributed by atoms with Gasteiger partial charge in [-0.3, -0.25) is 19.3 Å². The number of amides is 3. The zero-order valence-corrected chi connectivity index (χ0v) is 12.0. The van der Waals surface area contributed by atoms with E-state index in [9.17, 15) is 14.4 Å². The minimum atomic E-state index is -0.244. The molecule has 0 aromatic heterocycles. The van der Waals surface area contributed by atoms with Crippen LogP contribution in [-0.2, 0) is 14.4 Å². The third kappa shape index (κ3) is 3.68. The Bertz CT molecular complexity index is 405. The average Bonchev–Trinajstić information content (AvgIpc) is 2.75. The molecule has 0 radical (unpaired) electrons. The third-order valence-electron chi connectivity index (χ3n) is 4.06. The first-order chi connectivity index (χ1) is 9.58. The van der Waals surface area contributed by atoms with Crippen LogP contribution < -0.4 is 0 Å². The maximum absolute atomic E-state index is 12.0. The molecule has 0 aliphatic carbocycles. The predicted octanol–water partition coefficient (Wildman–Crippen LogP) is 1.34. The molecule has 0 N–H and O–H groups in total. The fourth-order valence-corrected chi connectivity index (χ4v) is 2.61. The number of likely N-dealkylation sites (tertiary alicyclic amines) is 1. The fourth-order valence-electron chi connectivity index (χ4n) is 2.61. The van der Waals surface area contributed by atoms with Crippen LogP contribution in [0.5, 0.6) is 0 Å². The van der Waals surface area contributed by atoms with Crippen molar-refractivity contribution in [1.82, 2.24) is 9.80 Å². The second-order valence-corrected chi connectivity index (χ2v) is 5.68. The van der Waals surface area contributed by atoms with Crippen LogP contribution in [-0.4, -0.2) is 47.2 Å². The van der Waals surface area contributed by atoms with Crippen LogP contribution >= 0.6 is 0 Å². The second-order valence-electron chi connectivity index (χ2n) is 5.68. The smallest absolute Gasteiger partial charge is 0.253 e. The lowest BCUT2D eigenvalue weighted by atomic mass is 9.99. The number of piperidine rings is 1. The Balaban J connectivity index is 1.62. The van der Waals surface area contributed by atoms with Gasteiger partial charge in [0.25, 0.3) is 11.8 Å². The lowest BCUT2D eigenvalue weighted by Crippen LogP contribution is -2.37. The van der Waals surface area contributed by atoms with E-state index in [4.69, 9.17) is 0 Å². The van der Waals surface area contributed by atoms with E-state index in [0.29, 0.717) is 19.4 Å². The standard InChI is InChI=1S/C15H22N2O3/c1-12-7-10-16(11-8-12)13(18)4-2-3-9-17-14(19)5-6-15(17)20/h5-6,12H,2-4,7-11H2,1H3. The van der Waals surface area contributed by atoms with Crippen molar-refractivity contribution in [2.24, 2.45) is 5.92 Å². The average molecular weight is 278 g/mol. The summed E-state index contributed by atoms with van der Waals surface area (Å²) in [5.41, 5.74) is 0. The largest absolute Gasteiger partial charge is 0.343 e. The summed E-state index contributed by atoms with van der Waals surface area (Å²) in [6.45, 7) is 4.37. The summed E-state index contributed by atoms with van der Waals surface area (Å²) < 4.78 is 0. The number of hydrogen-bond donors (Lipinski definition) is 0.